The number of nitrogens with zero attached hydrogens (tertiary/aromatic N) is 2. The van der Waals surface area contributed by atoms with Crippen LogP contribution in [0.4, 0.5) is 0 Å². The quantitative estimate of drug-likeness (QED) is 0.684. The second kappa shape index (κ2) is 6.93. The van der Waals surface area contributed by atoms with Crippen LogP contribution in [0.2, 0.25) is 0 Å². The second-order valence-corrected chi connectivity index (χ2v) is 6.35. The van der Waals surface area contributed by atoms with Crippen LogP contribution < -0.4 is 0 Å². The fraction of sp³-hybridized carbons (Fsp3) is 0.316. The molecule has 1 aromatic heterocycles. The summed E-state index contributed by atoms with van der Waals surface area (Å²) in [5.74, 6) is -1.81. The third-order valence-electron chi connectivity index (χ3n) is 4.71. The van der Waals surface area contributed by atoms with Crippen molar-refractivity contribution < 1.29 is 19.5 Å². The van der Waals surface area contributed by atoms with Gasteiger partial charge in [-0.25, -0.2) is 4.79 Å². The van der Waals surface area contributed by atoms with Crippen molar-refractivity contribution >= 4 is 17.7 Å². The second-order valence-electron chi connectivity index (χ2n) is 6.35. The molecule has 1 N–H and O–H groups in total. The van der Waals surface area contributed by atoms with Crippen LogP contribution in [-0.2, 0) is 11.8 Å². The number of carbonyl (C=O) groups excluding carboxylic acids is 2. The molecular weight excluding hydrogens is 320 g/mol. The number of carboxylic acid groups (broad SMARTS) is 1. The Labute approximate surface area is 145 Å². The minimum absolute atomic E-state index is 0.113. The minimum Gasteiger partial charge on any atom is -0.478 e. The molecule has 1 aromatic carbocycles. The van der Waals surface area contributed by atoms with E-state index in [1.54, 1.807) is 59.1 Å². The van der Waals surface area contributed by atoms with Crippen LogP contribution in [0.1, 0.15) is 45.2 Å². The third-order valence-corrected chi connectivity index (χ3v) is 4.71. The fourth-order valence-corrected chi connectivity index (χ4v) is 3.28. The summed E-state index contributed by atoms with van der Waals surface area (Å²) in [5, 5.41) is 8.98. The van der Waals surface area contributed by atoms with Crippen LogP contribution >= 0.6 is 0 Å². The summed E-state index contributed by atoms with van der Waals surface area (Å²) < 4.78 is 1.65. The van der Waals surface area contributed by atoms with Crippen LogP contribution in [0.3, 0.4) is 0 Å². The topological polar surface area (TPSA) is 79.6 Å². The maximum Gasteiger partial charge on any atom is 0.335 e. The summed E-state index contributed by atoms with van der Waals surface area (Å²) >= 11 is 0. The predicted octanol–water partition coefficient (Wildman–Crippen LogP) is 2.31. The Kier molecular flexibility index (Phi) is 4.70. The Morgan fingerprint density at radius 2 is 1.84 bits per heavy atom. The minimum atomic E-state index is -0.958. The molecule has 1 atom stereocenters. The van der Waals surface area contributed by atoms with Crippen LogP contribution in [0.15, 0.2) is 42.6 Å². The monoisotopic (exact) mass is 340 g/mol. The van der Waals surface area contributed by atoms with Crippen molar-refractivity contribution in [1.82, 2.24) is 9.47 Å². The highest BCUT2D eigenvalue weighted by molar-refractivity contribution is 6.42. The number of hydrogen-bond donors (Lipinski definition) is 1. The van der Waals surface area contributed by atoms with E-state index in [-0.39, 0.29) is 11.5 Å². The molecule has 0 saturated carbocycles. The molecule has 0 unspecified atom stereocenters. The molecule has 1 fully saturated rings. The fourth-order valence-electron chi connectivity index (χ4n) is 3.28. The van der Waals surface area contributed by atoms with Crippen molar-refractivity contribution in [2.75, 3.05) is 13.1 Å². The van der Waals surface area contributed by atoms with E-state index in [4.69, 9.17) is 5.11 Å². The van der Waals surface area contributed by atoms with Crippen LogP contribution in [0.25, 0.3) is 0 Å². The van der Waals surface area contributed by atoms with Gasteiger partial charge in [0.1, 0.15) is 0 Å². The number of aryl methyl sites for hydroxylation is 1. The van der Waals surface area contributed by atoms with Crippen LogP contribution in [0, 0.1) is 0 Å². The highest BCUT2D eigenvalue weighted by Crippen LogP contribution is 2.27. The molecule has 1 amide bonds. The Hall–Kier alpha value is -2.89. The number of aromatic nitrogens is 1. The number of hydrogen-bond acceptors (Lipinski definition) is 3. The average Bonchev–Trinajstić information content (AvgIpc) is 3.06. The third kappa shape index (κ3) is 3.47. The van der Waals surface area contributed by atoms with E-state index >= 15 is 0 Å². The molecule has 6 heteroatoms. The van der Waals surface area contributed by atoms with E-state index in [0.717, 1.165) is 18.4 Å². The van der Waals surface area contributed by atoms with E-state index < -0.39 is 17.7 Å². The van der Waals surface area contributed by atoms with Crippen molar-refractivity contribution in [3.8, 4) is 0 Å². The molecule has 0 spiro atoms. The molecule has 3 rings (SSSR count). The van der Waals surface area contributed by atoms with Crippen LogP contribution in [-0.4, -0.2) is 45.3 Å². The Morgan fingerprint density at radius 1 is 1.12 bits per heavy atom. The number of Topliss-reactive ketones (excluding diaryl/α,β-unsaturated/α-hetero) is 1. The Balaban J connectivity index is 1.72. The summed E-state index contributed by atoms with van der Waals surface area (Å²) in [6.07, 6.45) is 3.47. The summed E-state index contributed by atoms with van der Waals surface area (Å²) in [4.78, 5) is 37.5. The van der Waals surface area contributed by atoms with E-state index in [0.29, 0.717) is 18.8 Å². The van der Waals surface area contributed by atoms with Gasteiger partial charge >= 0.3 is 5.97 Å². The number of carbonyl (C=O) groups is 3. The number of carboxylic acids is 1. The Morgan fingerprint density at radius 3 is 2.44 bits per heavy atom. The number of aromatic carboxylic acids is 1. The first-order valence-electron chi connectivity index (χ1n) is 8.25. The van der Waals surface area contributed by atoms with Gasteiger partial charge in [-0.1, -0.05) is 12.1 Å². The van der Waals surface area contributed by atoms with Gasteiger partial charge in [-0.3, -0.25) is 9.59 Å². The zero-order valence-electron chi connectivity index (χ0n) is 14.0. The van der Waals surface area contributed by atoms with E-state index in [1.165, 1.54) is 0 Å². The van der Waals surface area contributed by atoms with Crippen molar-refractivity contribution in [3.63, 3.8) is 0 Å². The van der Waals surface area contributed by atoms with Gasteiger partial charge in [0.25, 0.3) is 11.7 Å². The van der Waals surface area contributed by atoms with Gasteiger partial charge in [-0.05, 0) is 42.7 Å². The molecule has 130 valence electrons. The smallest absolute Gasteiger partial charge is 0.335 e. The van der Waals surface area contributed by atoms with Gasteiger partial charge in [0, 0.05) is 32.3 Å². The molecule has 0 bridgehead atoms. The molecule has 1 aliphatic heterocycles. The van der Waals surface area contributed by atoms with E-state index in [9.17, 15) is 14.4 Å². The van der Waals surface area contributed by atoms with Gasteiger partial charge in [0.2, 0.25) is 0 Å². The Bertz CT molecular complexity index is 807. The van der Waals surface area contributed by atoms with E-state index in [2.05, 4.69) is 0 Å². The summed E-state index contributed by atoms with van der Waals surface area (Å²) in [6, 6.07) is 10.1. The first kappa shape index (κ1) is 17.0. The maximum atomic E-state index is 12.6. The summed E-state index contributed by atoms with van der Waals surface area (Å²) in [6.45, 7) is 1.04. The number of rotatable bonds is 4. The van der Waals surface area contributed by atoms with Crippen molar-refractivity contribution in [1.29, 1.82) is 0 Å². The lowest BCUT2D eigenvalue weighted by Gasteiger charge is -2.32. The summed E-state index contributed by atoms with van der Waals surface area (Å²) in [7, 11) is 1.74. The number of likely N-dealkylation sites (tertiary alicyclic amines) is 1. The predicted molar refractivity (Wildman–Crippen MR) is 91.7 cm³/mol. The molecule has 1 aliphatic rings. The van der Waals surface area contributed by atoms with Crippen molar-refractivity contribution in [3.05, 3.63) is 59.4 Å². The van der Waals surface area contributed by atoms with Gasteiger partial charge in [-0.2, -0.15) is 0 Å². The van der Waals surface area contributed by atoms with Crippen molar-refractivity contribution in [2.45, 2.75) is 18.8 Å². The largest absolute Gasteiger partial charge is 0.478 e. The highest BCUT2D eigenvalue weighted by atomic mass is 16.4. The molecule has 6 nitrogen and oxygen atoms in total. The number of piperidine rings is 1. The lowest BCUT2D eigenvalue weighted by atomic mass is 9.90. The zero-order valence-corrected chi connectivity index (χ0v) is 14.0. The van der Waals surface area contributed by atoms with E-state index in [1.807, 2.05) is 0 Å². The normalized spacial score (nSPS) is 17.3. The molecule has 25 heavy (non-hydrogen) atoms. The lowest BCUT2D eigenvalue weighted by molar-refractivity contribution is -0.127. The number of benzene rings is 1. The van der Waals surface area contributed by atoms with Gasteiger partial charge in [0.15, 0.2) is 0 Å². The first-order chi connectivity index (χ1) is 12.0. The maximum absolute atomic E-state index is 12.6. The number of amides is 1. The van der Waals surface area contributed by atoms with Gasteiger partial charge < -0.3 is 14.6 Å². The molecule has 2 aromatic rings. The lowest BCUT2D eigenvalue weighted by Crippen LogP contribution is -2.43. The standard InChI is InChI=1S/C19H20N2O4/c1-20-10-3-5-16(20)17(22)18(23)21-11-2-4-15(12-21)13-6-8-14(9-7-13)19(24)25/h3,5-10,15H,2,4,11-12H2,1H3,(H,24,25)/t15-/m1/s1. The van der Waals surface area contributed by atoms with Crippen LogP contribution in [0.5, 0.6) is 0 Å². The zero-order chi connectivity index (χ0) is 18.0. The number of ketones is 1. The van der Waals surface area contributed by atoms with Gasteiger partial charge in [-0.15, -0.1) is 0 Å². The SMILES string of the molecule is Cn1cccc1C(=O)C(=O)N1CCC[C@@H](c2ccc(C(=O)O)cc2)C1. The molecule has 1 saturated heterocycles. The van der Waals surface area contributed by atoms with Crippen molar-refractivity contribution in [2.24, 2.45) is 7.05 Å². The summed E-state index contributed by atoms with van der Waals surface area (Å²) in [5.41, 5.74) is 1.62. The molecule has 0 aliphatic carbocycles. The average molecular weight is 340 g/mol. The molecular formula is C19H20N2O4. The van der Waals surface area contributed by atoms with Gasteiger partial charge in [0.05, 0.1) is 11.3 Å². The first-order valence-corrected chi connectivity index (χ1v) is 8.25. The molecule has 2 heterocycles. The highest BCUT2D eigenvalue weighted by Gasteiger charge is 2.30. The molecule has 0 radical (unpaired) electrons.